The van der Waals surface area contributed by atoms with E-state index in [9.17, 15) is 9.59 Å². The molecule has 1 N–H and O–H groups in total. The fraction of sp³-hybridized carbons (Fsp3) is 0.357. The summed E-state index contributed by atoms with van der Waals surface area (Å²) in [6, 6.07) is 6.47. The van der Waals surface area contributed by atoms with Crippen LogP contribution >= 0.6 is 27.9 Å². The molecule has 0 aliphatic rings. The van der Waals surface area contributed by atoms with Crippen LogP contribution in [0.2, 0.25) is 0 Å². The van der Waals surface area contributed by atoms with E-state index in [1.807, 2.05) is 24.3 Å². The molecule has 0 unspecified atom stereocenters. The zero-order valence-electron chi connectivity index (χ0n) is 13.4. The Balaban J connectivity index is 2.71. The van der Waals surface area contributed by atoms with Gasteiger partial charge in [0.15, 0.2) is 0 Å². The number of rotatable bonds is 3. The number of benzene rings is 1. The molecule has 0 radical (unpaired) electrons. The van der Waals surface area contributed by atoms with Crippen LogP contribution in [-0.2, 0) is 4.74 Å². The molecule has 4 amide bonds. The van der Waals surface area contributed by atoms with Crippen molar-refractivity contribution >= 4 is 46.0 Å². The summed E-state index contributed by atoms with van der Waals surface area (Å²) in [4.78, 5) is 30.9. The lowest BCUT2D eigenvalue weighted by molar-refractivity contribution is 0.211. The van der Waals surface area contributed by atoms with Gasteiger partial charge in [0.1, 0.15) is 0 Å². The first-order chi connectivity index (χ1) is 10.8. The van der Waals surface area contributed by atoms with E-state index in [4.69, 9.17) is 4.74 Å². The first-order valence-electron chi connectivity index (χ1n) is 6.74. The van der Waals surface area contributed by atoms with Crippen molar-refractivity contribution in [3.05, 3.63) is 28.7 Å². The number of carbonyl (C=O) groups excluding carboxylic acids is 2. The van der Waals surface area contributed by atoms with Crippen molar-refractivity contribution in [3.63, 3.8) is 0 Å². The van der Waals surface area contributed by atoms with E-state index in [-0.39, 0.29) is 12.6 Å². The Hall–Kier alpha value is -1.74. The van der Waals surface area contributed by atoms with Crippen LogP contribution in [0.15, 0.2) is 38.6 Å². The van der Waals surface area contributed by atoms with Gasteiger partial charge in [-0.3, -0.25) is 9.62 Å². The summed E-state index contributed by atoms with van der Waals surface area (Å²) < 4.78 is 8.88. The van der Waals surface area contributed by atoms with Gasteiger partial charge in [0.25, 0.3) is 0 Å². The maximum absolute atomic E-state index is 12.1. The average Bonchev–Trinajstić information content (AvgIpc) is 2.52. The van der Waals surface area contributed by atoms with E-state index in [2.05, 4.69) is 25.6 Å². The Kier molecular flexibility index (Phi) is 7.90. The number of amides is 4. The highest BCUT2D eigenvalue weighted by Crippen LogP contribution is 2.18. The third-order valence-corrected chi connectivity index (χ3v) is 3.82. The Bertz CT molecular complexity index is 578. The Labute approximate surface area is 148 Å². The van der Waals surface area contributed by atoms with Crippen molar-refractivity contribution in [1.29, 1.82) is 0 Å². The predicted octanol–water partition coefficient (Wildman–Crippen LogP) is 3.17. The molecule has 0 heterocycles. The van der Waals surface area contributed by atoms with E-state index in [0.29, 0.717) is 0 Å². The fourth-order valence-corrected chi connectivity index (χ4v) is 2.15. The molecule has 126 valence electrons. The summed E-state index contributed by atoms with van der Waals surface area (Å²) in [6.45, 7) is 2.04. The lowest BCUT2D eigenvalue weighted by Gasteiger charge is -2.19. The summed E-state index contributed by atoms with van der Waals surface area (Å²) in [6.07, 6.45) is 0. The number of halogens is 1. The van der Waals surface area contributed by atoms with Gasteiger partial charge in [-0.15, -0.1) is 4.99 Å². The number of ether oxygens (including phenoxy) is 1. The predicted molar refractivity (Wildman–Crippen MR) is 94.4 cm³/mol. The molecule has 9 heteroatoms. The molecule has 1 aromatic rings. The standard InChI is InChI=1S/C14H19BrN4O3S/c1-5-22-14(16-12(20)18(2)3)19(4)13(21)17-23-11-8-6-10(15)7-9-11/h6-9H,5H2,1-4H3,(H,17,21). The first kappa shape index (κ1) is 19.3. The molecular weight excluding hydrogens is 384 g/mol. The van der Waals surface area contributed by atoms with E-state index in [0.717, 1.165) is 26.2 Å². The monoisotopic (exact) mass is 402 g/mol. The zero-order valence-corrected chi connectivity index (χ0v) is 15.8. The molecule has 0 spiro atoms. The molecular formula is C14H19BrN4O3S. The van der Waals surface area contributed by atoms with Crippen molar-refractivity contribution in [3.8, 4) is 0 Å². The van der Waals surface area contributed by atoms with Crippen molar-refractivity contribution in [2.75, 3.05) is 27.7 Å². The van der Waals surface area contributed by atoms with Crippen LogP contribution in [0.5, 0.6) is 0 Å². The number of amidine groups is 1. The van der Waals surface area contributed by atoms with E-state index in [1.165, 1.54) is 11.9 Å². The number of hydrogen-bond acceptors (Lipinski definition) is 4. The molecule has 0 saturated carbocycles. The van der Waals surface area contributed by atoms with Crippen LogP contribution in [0.3, 0.4) is 0 Å². The lowest BCUT2D eigenvalue weighted by atomic mass is 10.4. The molecule has 0 aliphatic carbocycles. The van der Waals surface area contributed by atoms with Gasteiger partial charge in [0.05, 0.1) is 6.61 Å². The number of hydrogen-bond donors (Lipinski definition) is 1. The fourth-order valence-electron chi connectivity index (χ4n) is 1.28. The molecule has 0 bridgehead atoms. The van der Waals surface area contributed by atoms with Gasteiger partial charge < -0.3 is 9.64 Å². The minimum absolute atomic E-state index is 0.0555. The number of urea groups is 2. The molecule has 23 heavy (non-hydrogen) atoms. The second-order valence-corrected chi connectivity index (χ2v) is 6.32. The normalized spacial score (nSPS) is 10.9. The summed E-state index contributed by atoms with van der Waals surface area (Å²) >= 11 is 4.50. The quantitative estimate of drug-likeness (QED) is 0.478. The third-order valence-electron chi connectivity index (χ3n) is 2.51. The maximum atomic E-state index is 12.1. The van der Waals surface area contributed by atoms with Crippen LogP contribution in [0.4, 0.5) is 9.59 Å². The van der Waals surface area contributed by atoms with Crippen LogP contribution in [0.1, 0.15) is 6.92 Å². The highest BCUT2D eigenvalue weighted by Gasteiger charge is 2.18. The summed E-state index contributed by atoms with van der Waals surface area (Å²) in [7, 11) is 4.62. The van der Waals surface area contributed by atoms with Gasteiger partial charge in [0.2, 0.25) is 0 Å². The SMILES string of the molecule is CCOC(=NC(=O)N(C)C)N(C)C(=O)NSc1ccc(Br)cc1. The van der Waals surface area contributed by atoms with E-state index >= 15 is 0 Å². The third kappa shape index (κ3) is 6.49. The molecule has 0 aromatic heterocycles. The Morgan fingerprint density at radius 3 is 2.39 bits per heavy atom. The summed E-state index contributed by atoms with van der Waals surface area (Å²) in [5.41, 5.74) is 0. The molecule has 0 saturated heterocycles. The van der Waals surface area contributed by atoms with Gasteiger partial charge in [-0.25, -0.2) is 9.59 Å². The maximum Gasteiger partial charge on any atom is 0.347 e. The van der Waals surface area contributed by atoms with Crippen molar-refractivity contribution in [1.82, 2.24) is 14.5 Å². The van der Waals surface area contributed by atoms with Gasteiger partial charge >= 0.3 is 18.1 Å². The van der Waals surface area contributed by atoms with Crippen LogP contribution in [0, 0.1) is 0 Å². The smallest absolute Gasteiger partial charge is 0.347 e. The van der Waals surface area contributed by atoms with Crippen LogP contribution in [-0.4, -0.2) is 55.6 Å². The molecule has 1 rings (SSSR count). The molecule has 7 nitrogen and oxygen atoms in total. The highest BCUT2D eigenvalue weighted by atomic mass is 79.9. The van der Waals surface area contributed by atoms with E-state index in [1.54, 1.807) is 21.0 Å². The largest absolute Gasteiger partial charge is 0.465 e. The van der Waals surface area contributed by atoms with Crippen molar-refractivity contribution < 1.29 is 14.3 Å². The molecule has 0 aliphatic heterocycles. The number of nitrogens with one attached hydrogen (secondary N) is 1. The lowest BCUT2D eigenvalue weighted by Crippen LogP contribution is -2.40. The van der Waals surface area contributed by atoms with Gasteiger partial charge in [-0.2, -0.15) is 0 Å². The molecule has 0 fully saturated rings. The van der Waals surface area contributed by atoms with Gasteiger partial charge in [-0.1, -0.05) is 15.9 Å². The molecule has 1 aromatic carbocycles. The molecule has 0 atom stereocenters. The van der Waals surface area contributed by atoms with Crippen molar-refractivity contribution in [2.24, 2.45) is 4.99 Å². The van der Waals surface area contributed by atoms with Crippen LogP contribution < -0.4 is 4.72 Å². The number of nitrogens with zero attached hydrogens (tertiary/aromatic N) is 3. The zero-order chi connectivity index (χ0) is 17.4. The second-order valence-electron chi connectivity index (χ2n) is 4.53. The topological polar surface area (TPSA) is 74.2 Å². The summed E-state index contributed by atoms with van der Waals surface area (Å²) in [5.74, 6) is 0. The Morgan fingerprint density at radius 1 is 1.26 bits per heavy atom. The highest BCUT2D eigenvalue weighted by molar-refractivity contribution is 9.10. The number of carbonyl (C=O) groups is 2. The van der Waals surface area contributed by atoms with E-state index < -0.39 is 12.1 Å². The van der Waals surface area contributed by atoms with Crippen molar-refractivity contribution in [2.45, 2.75) is 11.8 Å². The average molecular weight is 403 g/mol. The van der Waals surface area contributed by atoms with Gasteiger partial charge in [-0.05, 0) is 43.1 Å². The Morgan fingerprint density at radius 2 is 1.87 bits per heavy atom. The van der Waals surface area contributed by atoms with Crippen LogP contribution in [0.25, 0.3) is 0 Å². The minimum Gasteiger partial charge on any atom is -0.465 e. The van der Waals surface area contributed by atoms with Gasteiger partial charge in [0, 0.05) is 30.5 Å². The second kappa shape index (κ2) is 9.41. The summed E-state index contributed by atoms with van der Waals surface area (Å²) in [5, 5.41) is 0. The minimum atomic E-state index is -0.506. The first-order valence-corrected chi connectivity index (χ1v) is 8.35. The number of aliphatic imine (C=N–C) groups is 1.